The van der Waals surface area contributed by atoms with Crippen molar-refractivity contribution in [1.82, 2.24) is 0 Å². The van der Waals surface area contributed by atoms with Crippen LogP contribution in [0.3, 0.4) is 0 Å². The molecule has 0 radical (unpaired) electrons. The minimum absolute atomic E-state index is 0.297. The first-order valence-corrected chi connectivity index (χ1v) is 7.25. The molecule has 2 nitrogen and oxygen atoms in total. The second-order valence-corrected chi connectivity index (χ2v) is 6.69. The van der Waals surface area contributed by atoms with Crippen LogP contribution in [0.5, 0.6) is 0 Å². The van der Waals surface area contributed by atoms with Gasteiger partial charge in [-0.1, -0.05) is 12.2 Å². The zero-order valence-electron chi connectivity index (χ0n) is 10.2. The van der Waals surface area contributed by atoms with E-state index in [1.54, 1.807) is 0 Å². The van der Waals surface area contributed by atoms with Crippen LogP contribution in [0, 0.1) is 47.3 Å². The molecule has 0 spiro atoms. The molecular formula is C15H22O2. The van der Waals surface area contributed by atoms with Crippen molar-refractivity contribution in [1.29, 1.82) is 0 Å². The largest absolute Gasteiger partial charge is 0.396 e. The summed E-state index contributed by atoms with van der Waals surface area (Å²) in [6, 6.07) is 0. The molecule has 0 aromatic heterocycles. The molecule has 0 aliphatic heterocycles. The average Bonchev–Trinajstić information content (AvgIpc) is 3.06. The van der Waals surface area contributed by atoms with E-state index >= 15 is 0 Å². The lowest BCUT2D eigenvalue weighted by atomic mass is 9.64. The number of aliphatic hydroxyl groups excluding tert-OH is 2. The molecule has 4 aliphatic rings. The SMILES string of the molecule is OCCC1C(CO)C2CC1C1C3C=CC(C3)C21. The minimum Gasteiger partial charge on any atom is -0.396 e. The van der Waals surface area contributed by atoms with Gasteiger partial charge in [0.2, 0.25) is 0 Å². The number of hydrogen-bond acceptors (Lipinski definition) is 2. The molecule has 2 N–H and O–H groups in total. The van der Waals surface area contributed by atoms with E-state index in [4.69, 9.17) is 0 Å². The Morgan fingerprint density at radius 3 is 2.12 bits per heavy atom. The number of allylic oxidation sites excluding steroid dienone is 2. The molecule has 4 rings (SSSR count). The smallest absolute Gasteiger partial charge is 0.0464 e. The van der Waals surface area contributed by atoms with Gasteiger partial charge in [-0.25, -0.2) is 0 Å². The number of rotatable bonds is 3. The molecule has 8 unspecified atom stereocenters. The van der Waals surface area contributed by atoms with Gasteiger partial charge >= 0.3 is 0 Å². The van der Waals surface area contributed by atoms with E-state index in [2.05, 4.69) is 12.2 Å². The molecule has 0 saturated heterocycles. The highest BCUT2D eigenvalue weighted by Crippen LogP contribution is 2.68. The van der Waals surface area contributed by atoms with Gasteiger partial charge in [0, 0.05) is 13.2 Å². The lowest BCUT2D eigenvalue weighted by molar-refractivity contribution is 0.0358. The summed E-state index contributed by atoms with van der Waals surface area (Å²) in [5.74, 6) is 6.08. The highest BCUT2D eigenvalue weighted by atomic mass is 16.3. The maximum Gasteiger partial charge on any atom is 0.0464 e. The van der Waals surface area contributed by atoms with Gasteiger partial charge < -0.3 is 10.2 Å². The van der Waals surface area contributed by atoms with E-state index in [0.29, 0.717) is 25.0 Å². The van der Waals surface area contributed by atoms with Gasteiger partial charge in [0.05, 0.1) is 0 Å². The lowest BCUT2D eigenvalue weighted by Crippen LogP contribution is -2.38. The van der Waals surface area contributed by atoms with E-state index in [1.807, 2.05) is 0 Å². The van der Waals surface area contributed by atoms with Crippen molar-refractivity contribution in [2.24, 2.45) is 47.3 Å². The molecular weight excluding hydrogens is 212 g/mol. The lowest BCUT2D eigenvalue weighted by Gasteiger charge is -2.41. The fraction of sp³-hybridized carbons (Fsp3) is 0.867. The van der Waals surface area contributed by atoms with E-state index in [1.165, 1.54) is 12.8 Å². The standard InChI is InChI=1S/C15H22O2/c16-4-3-10-11-6-12(13(10)7-17)15-9-2-1-8(5-9)14(11)15/h1-2,8-17H,3-7H2. The summed E-state index contributed by atoms with van der Waals surface area (Å²) >= 11 is 0. The summed E-state index contributed by atoms with van der Waals surface area (Å²) in [6.07, 6.45) is 8.53. The molecule has 94 valence electrons. The van der Waals surface area contributed by atoms with Crippen LogP contribution in [-0.4, -0.2) is 23.4 Å². The maximum atomic E-state index is 9.68. The Hall–Kier alpha value is -0.340. The molecule has 0 amide bonds. The summed E-state index contributed by atoms with van der Waals surface area (Å²) < 4.78 is 0. The Kier molecular flexibility index (Phi) is 2.23. The maximum absolute atomic E-state index is 9.68. The Bertz CT molecular complexity index is 351. The molecule has 4 aliphatic carbocycles. The number of fused-ring (bicyclic) bond motifs is 9. The van der Waals surface area contributed by atoms with Crippen molar-refractivity contribution < 1.29 is 10.2 Å². The van der Waals surface area contributed by atoms with Gasteiger partial charge in [-0.05, 0) is 66.6 Å². The number of aliphatic hydroxyl groups is 2. The van der Waals surface area contributed by atoms with Crippen molar-refractivity contribution in [3.63, 3.8) is 0 Å². The molecule has 3 saturated carbocycles. The topological polar surface area (TPSA) is 40.5 Å². The fourth-order valence-electron chi connectivity index (χ4n) is 6.14. The van der Waals surface area contributed by atoms with Gasteiger partial charge in [0.15, 0.2) is 0 Å². The minimum atomic E-state index is 0.297. The fourth-order valence-corrected chi connectivity index (χ4v) is 6.14. The van der Waals surface area contributed by atoms with E-state index in [-0.39, 0.29) is 0 Å². The third-order valence-corrected chi connectivity index (χ3v) is 6.44. The summed E-state index contributed by atoms with van der Waals surface area (Å²) in [5.41, 5.74) is 0. The molecule has 2 heteroatoms. The Balaban J connectivity index is 1.66. The third kappa shape index (κ3) is 1.18. The molecule has 0 heterocycles. The normalized spacial score (nSPS) is 58.0. The quantitative estimate of drug-likeness (QED) is 0.576. The summed E-state index contributed by atoms with van der Waals surface area (Å²) in [4.78, 5) is 0. The monoisotopic (exact) mass is 234 g/mol. The van der Waals surface area contributed by atoms with Crippen LogP contribution in [0.1, 0.15) is 19.3 Å². The van der Waals surface area contributed by atoms with Crippen LogP contribution >= 0.6 is 0 Å². The summed E-state index contributed by atoms with van der Waals surface area (Å²) in [6.45, 7) is 0.641. The Morgan fingerprint density at radius 1 is 0.882 bits per heavy atom. The van der Waals surface area contributed by atoms with Crippen LogP contribution in [0.4, 0.5) is 0 Å². The molecule has 8 atom stereocenters. The first-order chi connectivity index (χ1) is 8.35. The van der Waals surface area contributed by atoms with Crippen molar-refractivity contribution in [2.75, 3.05) is 13.2 Å². The highest BCUT2D eigenvalue weighted by Gasteiger charge is 2.63. The van der Waals surface area contributed by atoms with Crippen molar-refractivity contribution in [3.8, 4) is 0 Å². The first kappa shape index (κ1) is 10.6. The van der Waals surface area contributed by atoms with E-state index in [9.17, 15) is 10.2 Å². The van der Waals surface area contributed by atoms with Crippen LogP contribution in [0.2, 0.25) is 0 Å². The van der Waals surface area contributed by atoms with Crippen molar-refractivity contribution in [2.45, 2.75) is 19.3 Å². The van der Waals surface area contributed by atoms with Crippen molar-refractivity contribution in [3.05, 3.63) is 12.2 Å². The Labute approximate surface area is 103 Å². The van der Waals surface area contributed by atoms with E-state index in [0.717, 1.165) is 41.9 Å². The van der Waals surface area contributed by atoms with Crippen LogP contribution in [-0.2, 0) is 0 Å². The zero-order chi connectivity index (χ0) is 11.6. The van der Waals surface area contributed by atoms with Crippen LogP contribution in [0.25, 0.3) is 0 Å². The van der Waals surface area contributed by atoms with Crippen LogP contribution < -0.4 is 0 Å². The van der Waals surface area contributed by atoms with E-state index < -0.39 is 0 Å². The predicted octanol–water partition coefficient (Wildman–Crippen LogP) is 1.68. The van der Waals surface area contributed by atoms with Crippen LogP contribution in [0.15, 0.2) is 12.2 Å². The summed E-state index contributed by atoms with van der Waals surface area (Å²) in [7, 11) is 0. The zero-order valence-corrected chi connectivity index (χ0v) is 10.2. The molecule has 0 aromatic carbocycles. The van der Waals surface area contributed by atoms with Gasteiger partial charge in [-0.3, -0.25) is 0 Å². The van der Waals surface area contributed by atoms with Gasteiger partial charge in [0.25, 0.3) is 0 Å². The van der Waals surface area contributed by atoms with Gasteiger partial charge in [-0.2, -0.15) is 0 Å². The molecule has 3 fully saturated rings. The van der Waals surface area contributed by atoms with Gasteiger partial charge in [0.1, 0.15) is 0 Å². The second-order valence-electron chi connectivity index (χ2n) is 6.69. The predicted molar refractivity (Wildman–Crippen MR) is 65.1 cm³/mol. The summed E-state index contributed by atoms with van der Waals surface area (Å²) in [5, 5.41) is 18.9. The average molecular weight is 234 g/mol. The highest BCUT2D eigenvalue weighted by molar-refractivity contribution is 5.21. The number of hydrogen-bond donors (Lipinski definition) is 2. The third-order valence-electron chi connectivity index (χ3n) is 6.44. The molecule has 4 bridgehead atoms. The molecule has 0 aromatic rings. The van der Waals surface area contributed by atoms with Crippen molar-refractivity contribution >= 4 is 0 Å². The Morgan fingerprint density at radius 2 is 1.53 bits per heavy atom. The second kappa shape index (κ2) is 3.58. The van der Waals surface area contributed by atoms with Gasteiger partial charge in [-0.15, -0.1) is 0 Å². The first-order valence-electron chi connectivity index (χ1n) is 7.25. The molecule has 17 heavy (non-hydrogen) atoms.